The Morgan fingerprint density at radius 1 is 1.44 bits per heavy atom. The summed E-state index contributed by atoms with van der Waals surface area (Å²) in [5, 5.41) is 3.53. The lowest BCUT2D eigenvalue weighted by molar-refractivity contribution is 0.274. The van der Waals surface area contributed by atoms with Gasteiger partial charge in [-0.1, -0.05) is 0 Å². The van der Waals surface area contributed by atoms with E-state index in [1.54, 1.807) is 10.6 Å². The van der Waals surface area contributed by atoms with E-state index < -0.39 is 0 Å². The van der Waals surface area contributed by atoms with Crippen LogP contribution < -0.4 is 10.9 Å². The number of anilines is 1. The molecule has 1 aliphatic heterocycles. The van der Waals surface area contributed by atoms with Crippen LogP contribution in [0.15, 0.2) is 23.1 Å². The first kappa shape index (κ1) is 13.1. The smallest absolute Gasteiger partial charge is 0.250 e. The van der Waals surface area contributed by atoms with Gasteiger partial charge in [-0.2, -0.15) is 0 Å². The van der Waals surface area contributed by atoms with Crippen molar-refractivity contribution in [3.8, 4) is 0 Å². The van der Waals surface area contributed by atoms with Gasteiger partial charge in [0.05, 0.1) is 5.69 Å². The van der Waals surface area contributed by atoms with Crippen LogP contribution in [-0.4, -0.2) is 34.6 Å². The van der Waals surface area contributed by atoms with E-state index in [0.29, 0.717) is 12.1 Å². The molecule has 1 saturated heterocycles. The molecule has 1 aromatic rings. The molecule has 0 aliphatic carbocycles. The van der Waals surface area contributed by atoms with E-state index in [1.807, 2.05) is 19.2 Å². The van der Waals surface area contributed by atoms with Crippen LogP contribution in [-0.2, 0) is 6.54 Å². The zero-order valence-corrected chi connectivity index (χ0v) is 11.5. The summed E-state index contributed by atoms with van der Waals surface area (Å²) in [6.45, 7) is 9.42. The molecule has 0 radical (unpaired) electrons. The molecular formula is C14H23N3O. The summed E-state index contributed by atoms with van der Waals surface area (Å²) < 4.78 is 1.73. The number of hydrogen-bond donors (Lipinski definition) is 1. The van der Waals surface area contributed by atoms with Crippen molar-refractivity contribution in [3.63, 3.8) is 0 Å². The average molecular weight is 249 g/mol. The second kappa shape index (κ2) is 5.57. The third-order valence-corrected chi connectivity index (χ3v) is 3.64. The second-order valence-electron chi connectivity index (χ2n) is 5.26. The summed E-state index contributed by atoms with van der Waals surface area (Å²) >= 11 is 0. The summed E-state index contributed by atoms with van der Waals surface area (Å²) in [4.78, 5) is 14.0. The highest BCUT2D eigenvalue weighted by atomic mass is 16.1. The van der Waals surface area contributed by atoms with Crippen LogP contribution in [0.3, 0.4) is 0 Å². The number of rotatable bonds is 4. The van der Waals surface area contributed by atoms with Gasteiger partial charge in [-0.15, -0.1) is 0 Å². The van der Waals surface area contributed by atoms with Gasteiger partial charge in [0.2, 0.25) is 0 Å². The van der Waals surface area contributed by atoms with Crippen LogP contribution in [0.1, 0.15) is 27.2 Å². The predicted octanol–water partition coefficient (Wildman–Crippen LogP) is 1.76. The van der Waals surface area contributed by atoms with Gasteiger partial charge in [-0.05, 0) is 33.3 Å². The van der Waals surface area contributed by atoms with Crippen LogP contribution in [0.2, 0.25) is 0 Å². The van der Waals surface area contributed by atoms with Crippen LogP contribution in [0, 0.1) is 0 Å². The molecule has 4 heteroatoms. The average Bonchev–Trinajstić information content (AvgIpc) is 2.80. The summed E-state index contributed by atoms with van der Waals surface area (Å²) in [5.41, 5.74) is 1.12. The Morgan fingerprint density at radius 3 is 2.83 bits per heavy atom. The normalized spacial score (nSPS) is 20.6. The van der Waals surface area contributed by atoms with Crippen molar-refractivity contribution < 1.29 is 0 Å². The first-order chi connectivity index (χ1) is 8.60. The molecule has 1 aliphatic rings. The lowest BCUT2D eigenvalue weighted by Crippen LogP contribution is -2.31. The lowest BCUT2D eigenvalue weighted by Gasteiger charge is -2.21. The third kappa shape index (κ3) is 2.93. The number of nitrogens with zero attached hydrogens (tertiary/aromatic N) is 2. The highest BCUT2D eigenvalue weighted by Crippen LogP contribution is 2.16. The highest BCUT2D eigenvalue weighted by molar-refractivity contribution is 5.41. The van der Waals surface area contributed by atoms with Crippen LogP contribution >= 0.6 is 0 Å². The minimum Gasteiger partial charge on any atom is -0.380 e. The summed E-state index contributed by atoms with van der Waals surface area (Å²) in [6.07, 6.45) is 3.09. The number of aryl methyl sites for hydroxylation is 1. The standard InChI is InChI=1S/C14H23N3O/c1-4-16-9-12(5-6-14(16)18)15-13-7-8-17(10-13)11(2)3/h5-6,9,11,13,15H,4,7-8,10H2,1-3H3. The molecule has 18 heavy (non-hydrogen) atoms. The van der Waals surface area contributed by atoms with Crippen LogP contribution in [0.25, 0.3) is 0 Å². The van der Waals surface area contributed by atoms with Crippen LogP contribution in [0.4, 0.5) is 5.69 Å². The molecule has 0 saturated carbocycles. The summed E-state index contributed by atoms with van der Waals surface area (Å²) in [5.74, 6) is 0. The fourth-order valence-electron chi connectivity index (χ4n) is 2.47. The van der Waals surface area contributed by atoms with E-state index >= 15 is 0 Å². The van der Waals surface area contributed by atoms with Crippen molar-refractivity contribution in [1.29, 1.82) is 0 Å². The molecule has 1 fully saturated rings. The van der Waals surface area contributed by atoms with Gasteiger partial charge in [0.25, 0.3) is 5.56 Å². The van der Waals surface area contributed by atoms with Gasteiger partial charge in [0.1, 0.15) is 0 Å². The zero-order chi connectivity index (χ0) is 13.1. The molecule has 1 N–H and O–H groups in total. The Labute approximate surface area is 109 Å². The Morgan fingerprint density at radius 2 is 2.22 bits per heavy atom. The molecule has 1 aromatic heterocycles. The maximum atomic E-state index is 11.5. The minimum absolute atomic E-state index is 0.0679. The van der Waals surface area contributed by atoms with Gasteiger partial charge in [-0.3, -0.25) is 9.69 Å². The van der Waals surface area contributed by atoms with E-state index in [0.717, 1.165) is 25.3 Å². The van der Waals surface area contributed by atoms with Gasteiger partial charge < -0.3 is 9.88 Å². The fraction of sp³-hybridized carbons (Fsp3) is 0.643. The number of nitrogens with one attached hydrogen (secondary N) is 1. The first-order valence-electron chi connectivity index (χ1n) is 6.81. The molecule has 0 bridgehead atoms. The molecule has 0 amide bonds. The second-order valence-corrected chi connectivity index (χ2v) is 5.26. The van der Waals surface area contributed by atoms with Gasteiger partial charge in [0, 0.05) is 44.0 Å². The Bertz CT molecular complexity index is 453. The molecular weight excluding hydrogens is 226 g/mol. The van der Waals surface area contributed by atoms with E-state index in [2.05, 4.69) is 24.1 Å². The number of likely N-dealkylation sites (tertiary alicyclic amines) is 1. The van der Waals surface area contributed by atoms with Crippen molar-refractivity contribution in [2.24, 2.45) is 0 Å². The van der Waals surface area contributed by atoms with Gasteiger partial charge in [0.15, 0.2) is 0 Å². The number of aromatic nitrogens is 1. The highest BCUT2D eigenvalue weighted by Gasteiger charge is 2.23. The van der Waals surface area contributed by atoms with Crippen molar-refractivity contribution in [2.45, 2.75) is 45.8 Å². The Balaban J connectivity index is 2.00. The Kier molecular flexibility index (Phi) is 4.07. The Hall–Kier alpha value is -1.29. The fourth-order valence-corrected chi connectivity index (χ4v) is 2.47. The molecule has 2 heterocycles. The molecule has 4 nitrogen and oxygen atoms in total. The van der Waals surface area contributed by atoms with Crippen molar-refractivity contribution in [2.75, 3.05) is 18.4 Å². The molecule has 0 spiro atoms. The molecule has 0 aromatic carbocycles. The SMILES string of the molecule is CCn1cc(NC2CCN(C(C)C)C2)ccc1=O. The van der Waals surface area contributed by atoms with Crippen molar-refractivity contribution in [1.82, 2.24) is 9.47 Å². The lowest BCUT2D eigenvalue weighted by atomic mass is 10.2. The molecule has 2 rings (SSSR count). The first-order valence-corrected chi connectivity index (χ1v) is 6.81. The van der Waals surface area contributed by atoms with E-state index in [1.165, 1.54) is 6.42 Å². The largest absolute Gasteiger partial charge is 0.380 e. The van der Waals surface area contributed by atoms with Crippen molar-refractivity contribution >= 4 is 5.69 Å². The van der Waals surface area contributed by atoms with E-state index in [9.17, 15) is 4.79 Å². The molecule has 1 unspecified atom stereocenters. The number of hydrogen-bond acceptors (Lipinski definition) is 3. The molecule has 100 valence electrons. The topological polar surface area (TPSA) is 37.3 Å². The quantitative estimate of drug-likeness (QED) is 0.883. The summed E-state index contributed by atoms with van der Waals surface area (Å²) in [7, 11) is 0. The number of pyridine rings is 1. The van der Waals surface area contributed by atoms with E-state index in [4.69, 9.17) is 0 Å². The predicted molar refractivity (Wildman–Crippen MR) is 75.1 cm³/mol. The third-order valence-electron chi connectivity index (χ3n) is 3.64. The zero-order valence-electron chi connectivity index (χ0n) is 11.5. The minimum atomic E-state index is 0.0679. The maximum Gasteiger partial charge on any atom is 0.250 e. The van der Waals surface area contributed by atoms with Crippen LogP contribution in [0.5, 0.6) is 0 Å². The van der Waals surface area contributed by atoms with Gasteiger partial charge in [-0.25, -0.2) is 0 Å². The monoisotopic (exact) mass is 249 g/mol. The summed E-state index contributed by atoms with van der Waals surface area (Å²) in [6, 6.07) is 4.63. The maximum absolute atomic E-state index is 11.5. The molecule has 1 atom stereocenters. The van der Waals surface area contributed by atoms with Crippen molar-refractivity contribution in [3.05, 3.63) is 28.7 Å². The van der Waals surface area contributed by atoms with E-state index in [-0.39, 0.29) is 5.56 Å². The van der Waals surface area contributed by atoms with Gasteiger partial charge >= 0.3 is 0 Å².